The van der Waals surface area contributed by atoms with Crippen molar-refractivity contribution in [2.45, 2.75) is 0 Å². The number of aromatic nitrogens is 2. The molecule has 2 heterocycles. The van der Waals surface area contributed by atoms with Gasteiger partial charge in [-0.05, 0) is 124 Å². The van der Waals surface area contributed by atoms with Crippen molar-refractivity contribution < 1.29 is 10.2 Å². The van der Waals surface area contributed by atoms with Crippen LogP contribution in [0.25, 0.3) is 41.6 Å². The van der Waals surface area contributed by atoms with Gasteiger partial charge < -0.3 is 10.2 Å². The van der Waals surface area contributed by atoms with Crippen molar-refractivity contribution in [3.05, 3.63) is 88.6 Å². The summed E-state index contributed by atoms with van der Waals surface area (Å²) >= 11 is 28.4. The number of phenols is 2. The Morgan fingerprint density at radius 3 is 1.24 bits per heavy atom. The molecular weight excluding hydrogens is 827 g/mol. The summed E-state index contributed by atoms with van der Waals surface area (Å²) in [7, 11) is 0. The molecule has 4 nitrogen and oxygen atoms in total. The van der Waals surface area contributed by atoms with Crippen LogP contribution >= 0.6 is 110 Å². The molecule has 0 bridgehead atoms. The minimum atomic E-state index is 0.188. The summed E-state index contributed by atoms with van der Waals surface area (Å²) in [6, 6.07) is 18.7. The highest BCUT2D eigenvalue weighted by Crippen LogP contribution is 2.40. The summed E-state index contributed by atoms with van der Waals surface area (Å²) in [6.45, 7) is 0. The molecule has 2 N–H and O–H groups in total. The van der Waals surface area contributed by atoms with Crippen molar-refractivity contribution in [3.63, 3.8) is 0 Å². The number of hydrogen-bond acceptors (Lipinski definition) is 6. The SMILES string of the molecule is Oc1c(Br)cc(-c2nc3cc(Cl)ccc3s2)cc1Br.Oc1c(Br)cc(-c2nc3cc(Cl)ccc3s2)cc1Br. The molecule has 6 aromatic rings. The highest BCUT2D eigenvalue weighted by atomic mass is 79.9. The molecule has 12 heteroatoms. The second-order valence-corrected chi connectivity index (χ2v) is 14.2. The summed E-state index contributed by atoms with van der Waals surface area (Å²) in [5.41, 5.74) is 3.64. The van der Waals surface area contributed by atoms with Gasteiger partial charge in [-0.15, -0.1) is 22.7 Å². The Labute approximate surface area is 268 Å². The van der Waals surface area contributed by atoms with E-state index >= 15 is 0 Å². The molecule has 192 valence electrons. The normalized spacial score (nSPS) is 11.1. The minimum Gasteiger partial charge on any atom is -0.506 e. The van der Waals surface area contributed by atoms with Gasteiger partial charge in [-0.1, -0.05) is 23.2 Å². The van der Waals surface area contributed by atoms with Crippen LogP contribution in [-0.2, 0) is 0 Å². The highest BCUT2D eigenvalue weighted by Gasteiger charge is 2.13. The molecule has 6 rings (SSSR count). The van der Waals surface area contributed by atoms with Crippen LogP contribution in [0.5, 0.6) is 11.5 Å². The van der Waals surface area contributed by atoms with Crippen molar-refractivity contribution in [1.82, 2.24) is 9.97 Å². The first-order valence-corrected chi connectivity index (χ1v) is 16.1. The maximum Gasteiger partial charge on any atom is 0.143 e. The molecule has 0 radical (unpaired) electrons. The number of benzene rings is 4. The lowest BCUT2D eigenvalue weighted by Crippen LogP contribution is -1.79. The van der Waals surface area contributed by atoms with Crippen molar-refractivity contribution in [3.8, 4) is 32.6 Å². The molecule has 4 aromatic carbocycles. The number of aromatic hydroxyl groups is 2. The lowest BCUT2D eigenvalue weighted by molar-refractivity contribution is 0.468. The first-order chi connectivity index (χ1) is 18.1. The quantitative estimate of drug-likeness (QED) is 0.182. The Morgan fingerprint density at radius 2 is 0.895 bits per heavy atom. The van der Waals surface area contributed by atoms with E-state index in [-0.39, 0.29) is 11.5 Å². The van der Waals surface area contributed by atoms with Gasteiger partial charge in [-0.25, -0.2) is 9.97 Å². The van der Waals surface area contributed by atoms with E-state index in [1.807, 2.05) is 60.7 Å². The van der Waals surface area contributed by atoms with Crippen molar-refractivity contribution in [2.24, 2.45) is 0 Å². The summed E-state index contributed by atoms with van der Waals surface area (Å²) in [5, 5.41) is 22.6. The zero-order valence-electron chi connectivity index (χ0n) is 18.6. The minimum absolute atomic E-state index is 0.188. The number of phenolic OH excluding ortho intramolecular Hbond substituents is 2. The second-order valence-electron chi connectivity index (χ2n) is 7.84. The number of nitrogens with zero attached hydrogens (tertiary/aromatic N) is 2. The van der Waals surface area contributed by atoms with E-state index in [4.69, 9.17) is 23.2 Å². The summed E-state index contributed by atoms with van der Waals surface area (Å²) in [4.78, 5) is 9.13. The van der Waals surface area contributed by atoms with Crippen molar-refractivity contribution in [2.75, 3.05) is 0 Å². The van der Waals surface area contributed by atoms with Gasteiger partial charge in [0.1, 0.15) is 21.5 Å². The number of rotatable bonds is 2. The zero-order valence-corrected chi connectivity index (χ0v) is 28.1. The zero-order chi connectivity index (χ0) is 27.1. The van der Waals surface area contributed by atoms with E-state index in [2.05, 4.69) is 73.7 Å². The van der Waals surface area contributed by atoms with E-state index in [9.17, 15) is 10.2 Å². The Kier molecular flexibility index (Phi) is 8.71. The lowest BCUT2D eigenvalue weighted by atomic mass is 10.2. The molecule has 0 atom stereocenters. The van der Waals surface area contributed by atoms with E-state index < -0.39 is 0 Å². The fourth-order valence-electron chi connectivity index (χ4n) is 3.43. The summed E-state index contributed by atoms with van der Waals surface area (Å²) < 4.78 is 4.70. The average molecular weight is 839 g/mol. The fourth-order valence-corrected chi connectivity index (χ4v) is 8.00. The standard InChI is InChI=1S/2C13H6Br2ClNOS/c2*14-8-3-6(4-9(15)12(8)18)13-17-10-5-7(16)1-2-11(10)19-13/h2*1-5,18H. The Morgan fingerprint density at radius 1 is 0.553 bits per heavy atom. The summed E-state index contributed by atoms with van der Waals surface area (Å²) in [6.07, 6.45) is 0. The Hall–Kier alpha value is -1.24. The molecule has 38 heavy (non-hydrogen) atoms. The maximum absolute atomic E-state index is 9.73. The number of halogens is 6. The van der Waals surface area contributed by atoms with Gasteiger partial charge in [0.25, 0.3) is 0 Å². The number of fused-ring (bicyclic) bond motifs is 2. The van der Waals surface area contributed by atoms with Crippen LogP contribution in [0.3, 0.4) is 0 Å². The van der Waals surface area contributed by atoms with Gasteiger partial charge in [0.05, 0.1) is 38.3 Å². The third kappa shape index (κ3) is 6.07. The second kappa shape index (κ2) is 11.7. The predicted molar refractivity (Wildman–Crippen MR) is 174 cm³/mol. The maximum atomic E-state index is 9.73. The smallest absolute Gasteiger partial charge is 0.143 e. The summed E-state index contributed by atoms with van der Waals surface area (Å²) in [5.74, 6) is 0.376. The van der Waals surface area contributed by atoms with E-state index in [1.54, 1.807) is 22.7 Å². The number of hydrogen-bond donors (Lipinski definition) is 2. The van der Waals surface area contributed by atoms with Gasteiger partial charge in [-0.3, -0.25) is 0 Å². The molecule has 0 saturated heterocycles. The third-order valence-electron chi connectivity index (χ3n) is 5.23. The molecule has 2 aromatic heterocycles. The van der Waals surface area contributed by atoms with Crippen molar-refractivity contribution in [1.29, 1.82) is 0 Å². The van der Waals surface area contributed by atoms with Gasteiger partial charge in [0.2, 0.25) is 0 Å². The molecule has 0 aliphatic heterocycles. The monoisotopic (exact) mass is 834 g/mol. The van der Waals surface area contributed by atoms with Crippen LogP contribution in [0.2, 0.25) is 10.0 Å². The molecule has 0 unspecified atom stereocenters. The van der Waals surface area contributed by atoms with Crippen LogP contribution in [-0.4, -0.2) is 20.2 Å². The van der Waals surface area contributed by atoms with E-state index in [0.29, 0.717) is 27.9 Å². The Bertz CT molecular complexity index is 1660. The molecule has 0 aliphatic rings. The first kappa shape index (κ1) is 28.3. The highest BCUT2D eigenvalue weighted by molar-refractivity contribution is 9.11. The molecular formula is C26H12Br4Cl2N2O2S2. The van der Waals surface area contributed by atoms with Crippen LogP contribution < -0.4 is 0 Å². The van der Waals surface area contributed by atoms with Crippen LogP contribution in [0.1, 0.15) is 0 Å². The molecule has 0 spiro atoms. The van der Waals surface area contributed by atoms with Gasteiger partial charge in [-0.2, -0.15) is 0 Å². The van der Waals surface area contributed by atoms with E-state index in [1.165, 1.54) is 0 Å². The Balaban J connectivity index is 0.000000155. The van der Waals surface area contributed by atoms with Crippen LogP contribution in [0.4, 0.5) is 0 Å². The third-order valence-corrected chi connectivity index (χ3v) is 10.3. The molecule has 0 saturated carbocycles. The molecule has 0 amide bonds. The van der Waals surface area contributed by atoms with Gasteiger partial charge >= 0.3 is 0 Å². The van der Waals surface area contributed by atoms with Gasteiger partial charge in [0.15, 0.2) is 0 Å². The largest absolute Gasteiger partial charge is 0.506 e. The molecule has 0 fully saturated rings. The van der Waals surface area contributed by atoms with Crippen LogP contribution in [0, 0.1) is 0 Å². The topological polar surface area (TPSA) is 66.2 Å². The van der Waals surface area contributed by atoms with Gasteiger partial charge in [0, 0.05) is 21.2 Å². The van der Waals surface area contributed by atoms with Crippen molar-refractivity contribution >= 4 is 130 Å². The lowest BCUT2D eigenvalue weighted by Gasteiger charge is -2.03. The molecule has 0 aliphatic carbocycles. The number of thiazole rings is 2. The predicted octanol–water partition coefficient (Wildman–Crippen LogP) is 11.7. The first-order valence-electron chi connectivity index (χ1n) is 10.6. The average Bonchev–Trinajstić information content (AvgIpc) is 3.49. The fraction of sp³-hybridized carbons (Fsp3) is 0. The van der Waals surface area contributed by atoms with E-state index in [0.717, 1.165) is 41.6 Å². The van der Waals surface area contributed by atoms with Crippen LogP contribution in [0.15, 0.2) is 78.6 Å².